The number of rotatable bonds is 6. The summed E-state index contributed by atoms with van der Waals surface area (Å²) in [5.74, 6) is 0.0353. The predicted octanol–water partition coefficient (Wildman–Crippen LogP) is 1.67. The highest BCUT2D eigenvalue weighted by Crippen LogP contribution is 2.40. The van der Waals surface area contributed by atoms with E-state index in [4.69, 9.17) is 13.5 Å². The number of hydrogen-bond acceptors (Lipinski definition) is 6. The van der Waals surface area contributed by atoms with Crippen LogP contribution < -0.4 is 15.0 Å². The van der Waals surface area contributed by atoms with E-state index in [2.05, 4.69) is 0 Å². The molecule has 0 aliphatic carbocycles. The van der Waals surface area contributed by atoms with Crippen LogP contribution in [-0.2, 0) is 9.09 Å². The lowest BCUT2D eigenvalue weighted by atomic mass is 10.2. The standard InChI is InChI=1S/C15H20NO6P/c1-11-9-12-5-6-13(10-14(12)21-15(11)17)22-23(18,19)20-8-7-16(2,3)4/h5-6,9-10H,7-8H2,1-4H3. The molecule has 1 aromatic heterocycles. The fourth-order valence-electron chi connectivity index (χ4n) is 1.83. The average molecular weight is 341 g/mol. The van der Waals surface area contributed by atoms with Crippen molar-refractivity contribution in [1.82, 2.24) is 0 Å². The molecular formula is C15H20NO6P. The third-order valence-electron chi connectivity index (χ3n) is 3.11. The van der Waals surface area contributed by atoms with Gasteiger partial charge in [-0.15, -0.1) is 0 Å². The molecule has 0 spiro atoms. The molecule has 0 fully saturated rings. The zero-order chi connectivity index (χ0) is 17.3. The van der Waals surface area contributed by atoms with Crippen LogP contribution in [0.25, 0.3) is 11.0 Å². The van der Waals surface area contributed by atoms with Crippen LogP contribution in [0.15, 0.2) is 33.5 Å². The quantitative estimate of drug-likeness (QED) is 0.451. The molecule has 7 nitrogen and oxygen atoms in total. The summed E-state index contributed by atoms with van der Waals surface area (Å²) in [6, 6.07) is 6.12. The van der Waals surface area contributed by atoms with Crippen LogP contribution in [-0.4, -0.2) is 38.8 Å². The normalized spacial score (nSPS) is 14.7. The molecule has 0 N–H and O–H groups in total. The van der Waals surface area contributed by atoms with Crippen LogP contribution in [0.5, 0.6) is 5.75 Å². The molecule has 8 heteroatoms. The van der Waals surface area contributed by atoms with Crippen LogP contribution >= 0.6 is 7.82 Å². The average Bonchev–Trinajstić information content (AvgIpc) is 2.38. The lowest BCUT2D eigenvalue weighted by Gasteiger charge is -2.27. The molecule has 0 amide bonds. The van der Waals surface area contributed by atoms with E-state index in [1.54, 1.807) is 19.1 Å². The summed E-state index contributed by atoms with van der Waals surface area (Å²) in [6.07, 6.45) is 0. The van der Waals surface area contributed by atoms with Crippen molar-refractivity contribution in [1.29, 1.82) is 0 Å². The highest BCUT2D eigenvalue weighted by Gasteiger charge is 2.15. The van der Waals surface area contributed by atoms with Crippen LogP contribution in [0.3, 0.4) is 0 Å². The van der Waals surface area contributed by atoms with E-state index < -0.39 is 13.4 Å². The van der Waals surface area contributed by atoms with Gasteiger partial charge >= 0.3 is 13.4 Å². The van der Waals surface area contributed by atoms with Gasteiger partial charge in [-0.3, -0.25) is 4.57 Å². The van der Waals surface area contributed by atoms with Gasteiger partial charge in [0.2, 0.25) is 0 Å². The monoisotopic (exact) mass is 341 g/mol. The molecule has 2 aromatic rings. The van der Waals surface area contributed by atoms with Gasteiger partial charge in [-0.2, -0.15) is 0 Å². The Kier molecular flexibility index (Phi) is 4.96. The smallest absolute Gasteiger partial charge is 0.339 e. The predicted molar refractivity (Wildman–Crippen MR) is 84.3 cm³/mol. The van der Waals surface area contributed by atoms with E-state index in [0.717, 1.165) is 0 Å². The maximum Gasteiger partial charge on any atom is 0.339 e. The lowest BCUT2D eigenvalue weighted by molar-refractivity contribution is -0.870. The second kappa shape index (κ2) is 6.45. The number of phosphoric ester groups is 1. The van der Waals surface area contributed by atoms with Crippen LogP contribution in [0.1, 0.15) is 5.56 Å². The number of aryl methyl sites for hydroxylation is 1. The Bertz CT molecular complexity index is 808. The number of quaternary nitrogens is 1. The second-order valence-electron chi connectivity index (χ2n) is 6.30. The van der Waals surface area contributed by atoms with Crippen molar-refractivity contribution >= 4 is 18.8 Å². The number of nitrogens with zero attached hydrogens (tertiary/aromatic N) is 1. The third-order valence-corrected chi connectivity index (χ3v) is 4.04. The van der Waals surface area contributed by atoms with E-state index in [0.29, 0.717) is 22.0 Å². The van der Waals surface area contributed by atoms with Crippen LogP contribution in [0, 0.1) is 6.92 Å². The fraction of sp³-hybridized carbons (Fsp3) is 0.400. The van der Waals surface area contributed by atoms with Gasteiger partial charge in [-0.25, -0.2) is 4.79 Å². The minimum atomic E-state index is -4.48. The number of phosphoric acid groups is 1. The molecule has 0 saturated carbocycles. The Morgan fingerprint density at radius 1 is 1.26 bits per heavy atom. The minimum Gasteiger partial charge on any atom is -0.746 e. The van der Waals surface area contributed by atoms with Gasteiger partial charge in [0.1, 0.15) is 24.5 Å². The highest BCUT2D eigenvalue weighted by atomic mass is 31.2. The van der Waals surface area contributed by atoms with E-state index in [1.165, 1.54) is 12.1 Å². The fourth-order valence-corrected chi connectivity index (χ4v) is 2.56. The molecule has 0 bridgehead atoms. The molecule has 1 heterocycles. The molecule has 1 aromatic carbocycles. The molecule has 0 saturated heterocycles. The van der Waals surface area contributed by atoms with Crippen molar-refractivity contribution in [2.24, 2.45) is 0 Å². The molecule has 126 valence electrons. The van der Waals surface area contributed by atoms with Crippen LogP contribution in [0.2, 0.25) is 0 Å². The van der Waals surface area contributed by atoms with Crippen LogP contribution in [0.4, 0.5) is 0 Å². The van der Waals surface area contributed by atoms with Gasteiger partial charge in [0.15, 0.2) is 0 Å². The zero-order valence-electron chi connectivity index (χ0n) is 13.6. The first-order chi connectivity index (χ1) is 10.6. The van der Waals surface area contributed by atoms with Gasteiger partial charge in [-0.05, 0) is 25.1 Å². The van der Waals surface area contributed by atoms with Crippen molar-refractivity contribution < 1.29 is 27.4 Å². The molecule has 0 aliphatic heterocycles. The van der Waals surface area contributed by atoms with Gasteiger partial charge in [0.25, 0.3) is 0 Å². The van der Waals surface area contributed by atoms with Crippen molar-refractivity contribution in [3.05, 3.63) is 40.2 Å². The van der Waals surface area contributed by atoms with Crippen molar-refractivity contribution in [3.8, 4) is 5.75 Å². The summed E-state index contributed by atoms with van der Waals surface area (Å²) in [7, 11) is 1.29. The Hall–Kier alpha value is -1.66. The summed E-state index contributed by atoms with van der Waals surface area (Å²) < 4.78 is 27.2. The molecular weight excluding hydrogens is 321 g/mol. The molecule has 1 unspecified atom stereocenters. The third kappa shape index (κ3) is 5.18. The summed E-state index contributed by atoms with van der Waals surface area (Å²) in [5, 5.41) is 0.682. The number of likely N-dealkylation sites (N-methyl/N-ethyl adjacent to an activating group) is 1. The van der Waals surface area contributed by atoms with E-state index in [-0.39, 0.29) is 17.9 Å². The number of fused-ring (bicyclic) bond motifs is 1. The maximum absolute atomic E-state index is 11.8. The Labute approximate surface area is 134 Å². The van der Waals surface area contributed by atoms with Crippen molar-refractivity contribution in [3.63, 3.8) is 0 Å². The van der Waals surface area contributed by atoms with Gasteiger partial charge in [0, 0.05) is 17.0 Å². The first-order valence-electron chi connectivity index (χ1n) is 7.06. The Morgan fingerprint density at radius 3 is 2.61 bits per heavy atom. The van der Waals surface area contributed by atoms with Crippen molar-refractivity contribution in [2.45, 2.75) is 6.92 Å². The summed E-state index contributed by atoms with van der Waals surface area (Å²) in [4.78, 5) is 23.3. The summed E-state index contributed by atoms with van der Waals surface area (Å²) in [5.41, 5.74) is 0.257. The Balaban J connectivity index is 2.12. The first-order valence-corrected chi connectivity index (χ1v) is 8.52. The van der Waals surface area contributed by atoms with Gasteiger partial charge in [0.05, 0.1) is 21.1 Å². The second-order valence-corrected chi connectivity index (χ2v) is 7.64. The molecule has 0 aliphatic rings. The summed E-state index contributed by atoms with van der Waals surface area (Å²) >= 11 is 0. The summed E-state index contributed by atoms with van der Waals surface area (Å²) in [6.45, 7) is 2.18. The first kappa shape index (κ1) is 17.7. The molecule has 2 rings (SSSR count). The lowest BCUT2D eigenvalue weighted by Crippen LogP contribution is -2.37. The topological polar surface area (TPSA) is 88.8 Å². The van der Waals surface area contributed by atoms with Gasteiger partial charge in [-0.1, -0.05) is 0 Å². The van der Waals surface area contributed by atoms with E-state index in [9.17, 15) is 14.3 Å². The van der Waals surface area contributed by atoms with E-state index >= 15 is 0 Å². The minimum absolute atomic E-state index is 0.0200. The highest BCUT2D eigenvalue weighted by molar-refractivity contribution is 7.46. The number of benzene rings is 1. The largest absolute Gasteiger partial charge is 0.746 e. The number of hydrogen-bond donors (Lipinski definition) is 0. The maximum atomic E-state index is 11.8. The molecule has 0 radical (unpaired) electrons. The molecule has 1 atom stereocenters. The van der Waals surface area contributed by atoms with Crippen molar-refractivity contribution in [2.75, 3.05) is 34.3 Å². The van der Waals surface area contributed by atoms with E-state index in [1.807, 2.05) is 21.1 Å². The Morgan fingerprint density at radius 2 is 1.96 bits per heavy atom. The zero-order valence-corrected chi connectivity index (χ0v) is 14.5. The SMILES string of the molecule is Cc1cc2ccc(OP(=O)([O-])OCC[N+](C)(C)C)cc2oc1=O. The van der Waals surface area contributed by atoms with Gasteiger partial charge < -0.3 is 22.8 Å². The molecule has 23 heavy (non-hydrogen) atoms.